The maximum absolute atomic E-state index is 10.6. The minimum Gasteiger partial charge on any atom is -0.310 e. The zero-order chi connectivity index (χ0) is 12.1. The Labute approximate surface area is 96.5 Å². The highest BCUT2D eigenvalue weighted by Gasteiger charge is 2.60. The molecule has 0 aliphatic heterocycles. The molecule has 2 fully saturated rings. The lowest BCUT2D eigenvalue weighted by atomic mass is 9.76. The second-order valence-electron chi connectivity index (χ2n) is 6.23. The molecule has 2 bridgehead atoms. The van der Waals surface area contributed by atoms with Crippen LogP contribution in [0.5, 0.6) is 0 Å². The van der Waals surface area contributed by atoms with E-state index in [0.29, 0.717) is 23.7 Å². The molecule has 92 valence electrons. The summed E-state index contributed by atoms with van der Waals surface area (Å²) in [6, 6.07) is 0. The summed E-state index contributed by atoms with van der Waals surface area (Å²) in [6.07, 6.45) is 2.11. The topological polar surface area (TPSA) is 52.4 Å². The Kier molecular flexibility index (Phi) is 2.63. The van der Waals surface area contributed by atoms with E-state index in [4.69, 9.17) is 4.84 Å². The first-order valence-corrected chi connectivity index (χ1v) is 6.17. The highest BCUT2D eigenvalue weighted by Crippen LogP contribution is 2.62. The molecule has 0 aromatic rings. The van der Waals surface area contributed by atoms with E-state index in [1.807, 2.05) is 0 Å². The Bertz CT molecular complexity index is 301. The number of hydrogen-bond donors (Lipinski definition) is 0. The number of nitrogens with zero attached hydrogens (tertiary/aromatic N) is 1. The van der Waals surface area contributed by atoms with Crippen molar-refractivity contribution in [2.24, 2.45) is 29.1 Å². The van der Waals surface area contributed by atoms with Crippen molar-refractivity contribution in [3.8, 4) is 0 Å². The third-order valence-corrected chi connectivity index (χ3v) is 4.92. The van der Waals surface area contributed by atoms with Crippen LogP contribution in [0.3, 0.4) is 0 Å². The van der Waals surface area contributed by atoms with Crippen LogP contribution in [0, 0.1) is 39.2 Å². The van der Waals surface area contributed by atoms with Crippen LogP contribution >= 0.6 is 0 Å². The molecule has 2 aliphatic rings. The van der Waals surface area contributed by atoms with Gasteiger partial charge in [-0.25, -0.2) is 0 Å². The van der Waals surface area contributed by atoms with E-state index in [2.05, 4.69) is 27.7 Å². The summed E-state index contributed by atoms with van der Waals surface area (Å²) >= 11 is 0. The van der Waals surface area contributed by atoms with Gasteiger partial charge < -0.3 is 4.84 Å². The monoisotopic (exact) mass is 227 g/mol. The predicted molar refractivity (Wildman–Crippen MR) is 60.2 cm³/mol. The maximum atomic E-state index is 10.6. The fourth-order valence-corrected chi connectivity index (χ4v) is 4.24. The van der Waals surface area contributed by atoms with Crippen LogP contribution in [-0.2, 0) is 4.84 Å². The molecule has 0 N–H and O–H groups in total. The van der Waals surface area contributed by atoms with Crippen LogP contribution < -0.4 is 0 Å². The third-order valence-electron chi connectivity index (χ3n) is 4.92. The fraction of sp³-hybridized carbons (Fsp3) is 1.00. The molecule has 4 heteroatoms. The fourth-order valence-electron chi connectivity index (χ4n) is 4.24. The van der Waals surface area contributed by atoms with Gasteiger partial charge in [0, 0.05) is 0 Å². The van der Waals surface area contributed by atoms with Crippen molar-refractivity contribution >= 4 is 0 Å². The summed E-state index contributed by atoms with van der Waals surface area (Å²) in [4.78, 5) is 15.6. The summed E-state index contributed by atoms with van der Waals surface area (Å²) < 4.78 is 0. The average Bonchev–Trinajstić information content (AvgIpc) is 2.51. The number of hydrogen-bond acceptors (Lipinski definition) is 3. The zero-order valence-corrected chi connectivity index (χ0v) is 10.5. The highest BCUT2D eigenvalue weighted by atomic mass is 17.0. The van der Waals surface area contributed by atoms with Gasteiger partial charge in [-0.3, -0.25) is 0 Å². The van der Waals surface area contributed by atoms with E-state index >= 15 is 0 Å². The lowest BCUT2D eigenvalue weighted by Gasteiger charge is -2.32. The van der Waals surface area contributed by atoms with E-state index in [1.54, 1.807) is 0 Å². The Morgan fingerprint density at radius 3 is 2.38 bits per heavy atom. The smallest absolute Gasteiger partial charge is 0.294 e. The molecular weight excluding hydrogens is 206 g/mol. The zero-order valence-electron chi connectivity index (χ0n) is 10.5. The molecule has 4 unspecified atom stereocenters. The molecule has 2 aliphatic carbocycles. The summed E-state index contributed by atoms with van der Waals surface area (Å²) in [5.74, 6) is 1.75. The van der Waals surface area contributed by atoms with E-state index in [1.165, 1.54) is 6.42 Å². The van der Waals surface area contributed by atoms with Gasteiger partial charge in [-0.15, -0.1) is 10.1 Å². The van der Waals surface area contributed by atoms with Crippen molar-refractivity contribution < 1.29 is 9.92 Å². The molecule has 0 aromatic heterocycles. The Morgan fingerprint density at radius 1 is 1.31 bits per heavy atom. The van der Waals surface area contributed by atoms with Gasteiger partial charge in [0.25, 0.3) is 5.09 Å². The van der Waals surface area contributed by atoms with Gasteiger partial charge in [0.15, 0.2) is 0 Å². The summed E-state index contributed by atoms with van der Waals surface area (Å²) in [5.41, 5.74) is 0.204. The largest absolute Gasteiger partial charge is 0.310 e. The van der Waals surface area contributed by atoms with Crippen LogP contribution in [0.25, 0.3) is 0 Å². The highest BCUT2D eigenvalue weighted by molar-refractivity contribution is 5.08. The van der Waals surface area contributed by atoms with Crippen molar-refractivity contribution in [1.29, 1.82) is 0 Å². The van der Waals surface area contributed by atoms with Crippen LogP contribution in [0.1, 0.15) is 40.5 Å². The second-order valence-corrected chi connectivity index (χ2v) is 6.23. The molecular formula is C12H21NO3. The van der Waals surface area contributed by atoms with E-state index in [0.717, 1.165) is 6.42 Å². The standard InChI is InChI=1S/C12H21NO3/c1-7(2)10-8-5-6-9(12(8,3)4)11(10)16-13(14)15/h7-11H,5-6H2,1-4H3. The third kappa shape index (κ3) is 1.50. The van der Waals surface area contributed by atoms with Crippen molar-refractivity contribution in [2.45, 2.75) is 46.6 Å². The minimum absolute atomic E-state index is 0.177. The van der Waals surface area contributed by atoms with Crippen molar-refractivity contribution in [1.82, 2.24) is 0 Å². The van der Waals surface area contributed by atoms with Crippen LogP contribution in [0.15, 0.2) is 0 Å². The molecule has 16 heavy (non-hydrogen) atoms. The molecule has 4 atom stereocenters. The second kappa shape index (κ2) is 3.60. The van der Waals surface area contributed by atoms with Crippen molar-refractivity contribution in [3.05, 3.63) is 10.1 Å². The summed E-state index contributed by atoms with van der Waals surface area (Å²) in [5, 5.41) is 9.99. The van der Waals surface area contributed by atoms with Gasteiger partial charge in [-0.05, 0) is 41.9 Å². The van der Waals surface area contributed by atoms with Gasteiger partial charge in [0.05, 0.1) is 0 Å². The van der Waals surface area contributed by atoms with Crippen LogP contribution in [0.4, 0.5) is 0 Å². The predicted octanol–water partition coefficient (Wildman–Crippen LogP) is 2.90. The minimum atomic E-state index is -0.600. The summed E-state index contributed by atoms with van der Waals surface area (Å²) in [7, 11) is 0. The van der Waals surface area contributed by atoms with Gasteiger partial charge in [0.2, 0.25) is 0 Å². The maximum Gasteiger partial charge on any atom is 0.294 e. The van der Waals surface area contributed by atoms with Crippen LogP contribution in [0.2, 0.25) is 0 Å². The van der Waals surface area contributed by atoms with Gasteiger partial charge in [-0.2, -0.15) is 0 Å². The molecule has 0 aromatic carbocycles. The van der Waals surface area contributed by atoms with Crippen molar-refractivity contribution in [3.63, 3.8) is 0 Å². The lowest BCUT2D eigenvalue weighted by molar-refractivity contribution is -0.772. The normalized spacial score (nSPS) is 40.3. The molecule has 2 rings (SSSR count). The van der Waals surface area contributed by atoms with Gasteiger partial charge in [-0.1, -0.05) is 27.7 Å². The SMILES string of the molecule is CC(C)C1C(O[N+](=O)[O-])C2CCC1C2(C)C. The van der Waals surface area contributed by atoms with Crippen molar-refractivity contribution in [2.75, 3.05) is 0 Å². The quantitative estimate of drug-likeness (QED) is 0.550. The van der Waals surface area contributed by atoms with Gasteiger partial charge >= 0.3 is 0 Å². The summed E-state index contributed by atoms with van der Waals surface area (Å²) in [6.45, 7) is 8.79. The first kappa shape index (κ1) is 11.7. The molecule has 0 radical (unpaired) electrons. The first-order chi connectivity index (χ1) is 7.35. The van der Waals surface area contributed by atoms with Gasteiger partial charge in [0.1, 0.15) is 6.10 Å². The first-order valence-electron chi connectivity index (χ1n) is 6.17. The Balaban J connectivity index is 2.26. The molecule has 0 amide bonds. The van der Waals surface area contributed by atoms with E-state index in [-0.39, 0.29) is 11.5 Å². The average molecular weight is 227 g/mol. The molecule has 2 saturated carbocycles. The number of rotatable bonds is 3. The lowest BCUT2D eigenvalue weighted by Crippen LogP contribution is -2.35. The molecule has 0 heterocycles. The Hall–Kier alpha value is -0.800. The van der Waals surface area contributed by atoms with E-state index in [9.17, 15) is 10.1 Å². The molecule has 4 nitrogen and oxygen atoms in total. The van der Waals surface area contributed by atoms with E-state index < -0.39 is 5.09 Å². The Morgan fingerprint density at radius 2 is 1.88 bits per heavy atom. The molecule has 0 saturated heterocycles. The molecule has 0 spiro atoms. The van der Waals surface area contributed by atoms with Crippen LogP contribution in [-0.4, -0.2) is 11.2 Å². The number of fused-ring (bicyclic) bond motifs is 2.